The SMILES string of the molecule is CCCCC(C)(C)[Si](C)(C)OC(c1ccccc1)(c1ccccc1)C(O[Si](C)(C)C(C)(C)CCCC)(c1ccccc1)c1ccccc1. The Balaban J connectivity index is 2.26. The molecule has 0 aromatic heterocycles. The van der Waals surface area contributed by atoms with Gasteiger partial charge in [-0.15, -0.1) is 0 Å². The molecule has 4 aromatic carbocycles. The maximum atomic E-state index is 8.31. The number of unbranched alkanes of at least 4 members (excludes halogenated alkanes) is 2. The van der Waals surface area contributed by atoms with Gasteiger partial charge in [-0.2, -0.15) is 0 Å². The van der Waals surface area contributed by atoms with Gasteiger partial charge >= 0.3 is 0 Å². The van der Waals surface area contributed by atoms with E-state index in [0.717, 1.165) is 35.1 Å². The number of benzene rings is 4. The summed E-state index contributed by atoms with van der Waals surface area (Å²) in [5, 5.41) is 0.00849. The number of hydrogen-bond donors (Lipinski definition) is 0. The van der Waals surface area contributed by atoms with Crippen LogP contribution < -0.4 is 0 Å². The molecule has 4 aromatic rings. The molecule has 0 saturated heterocycles. The highest BCUT2D eigenvalue weighted by molar-refractivity contribution is 6.75. The molecule has 2 nitrogen and oxygen atoms in total. The molecule has 0 bridgehead atoms. The average Bonchev–Trinajstić information content (AvgIpc) is 3.09. The summed E-state index contributed by atoms with van der Waals surface area (Å²) in [6.45, 7) is 24.1. The molecule has 0 spiro atoms. The molecular weight excluding hydrogens is 617 g/mol. The minimum atomic E-state index is -2.55. The second-order valence-corrected chi connectivity index (χ2v) is 25.2. The molecule has 0 N–H and O–H groups in total. The highest BCUT2D eigenvalue weighted by atomic mass is 28.4. The van der Waals surface area contributed by atoms with Crippen LogP contribution in [0.3, 0.4) is 0 Å². The Morgan fingerprint density at radius 2 is 0.646 bits per heavy atom. The fraction of sp³-hybridized carbons (Fsp3) is 0.455. The van der Waals surface area contributed by atoms with Crippen molar-refractivity contribution in [3.05, 3.63) is 144 Å². The lowest BCUT2D eigenvalue weighted by molar-refractivity contribution is -0.0941. The minimum absolute atomic E-state index is 0.00425. The third-order valence-corrected chi connectivity index (χ3v) is 20.3. The van der Waals surface area contributed by atoms with Gasteiger partial charge in [-0.3, -0.25) is 0 Å². The van der Waals surface area contributed by atoms with Crippen molar-refractivity contribution in [3.8, 4) is 0 Å². The fourth-order valence-electron chi connectivity index (χ4n) is 7.10. The van der Waals surface area contributed by atoms with Crippen molar-refractivity contribution in [2.45, 2.75) is 128 Å². The third-order valence-electron chi connectivity index (χ3n) is 11.6. The summed E-state index contributed by atoms with van der Waals surface area (Å²) in [4.78, 5) is 0. The summed E-state index contributed by atoms with van der Waals surface area (Å²) in [7, 11) is -5.10. The summed E-state index contributed by atoms with van der Waals surface area (Å²) < 4.78 is 16.6. The summed E-state index contributed by atoms with van der Waals surface area (Å²) >= 11 is 0. The van der Waals surface area contributed by atoms with Crippen molar-refractivity contribution in [2.24, 2.45) is 0 Å². The molecule has 4 heteroatoms. The Morgan fingerprint density at radius 1 is 0.417 bits per heavy atom. The fourth-order valence-corrected chi connectivity index (χ4v) is 11.5. The van der Waals surface area contributed by atoms with Crippen LogP contribution in [0.15, 0.2) is 121 Å². The third kappa shape index (κ3) is 7.38. The van der Waals surface area contributed by atoms with Crippen molar-refractivity contribution in [1.29, 1.82) is 0 Å². The molecule has 48 heavy (non-hydrogen) atoms. The van der Waals surface area contributed by atoms with Crippen molar-refractivity contribution in [1.82, 2.24) is 0 Å². The van der Waals surface area contributed by atoms with E-state index in [9.17, 15) is 0 Å². The molecule has 0 atom stereocenters. The van der Waals surface area contributed by atoms with Crippen LogP contribution in [0.4, 0.5) is 0 Å². The van der Waals surface area contributed by atoms with Crippen LogP contribution in [-0.4, -0.2) is 16.6 Å². The van der Waals surface area contributed by atoms with Gasteiger partial charge in [-0.25, -0.2) is 0 Å². The van der Waals surface area contributed by atoms with Crippen molar-refractivity contribution in [2.75, 3.05) is 0 Å². The number of rotatable bonds is 17. The van der Waals surface area contributed by atoms with Crippen LogP contribution in [0.1, 0.15) is 102 Å². The molecule has 0 unspecified atom stereocenters. The topological polar surface area (TPSA) is 18.5 Å². The zero-order chi connectivity index (χ0) is 35.1. The molecule has 4 rings (SSSR count). The van der Waals surface area contributed by atoms with Gasteiger partial charge < -0.3 is 8.85 Å². The van der Waals surface area contributed by atoms with Crippen LogP contribution >= 0.6 is 0 Å². The first-order valence-electron chi connectivity index (χ1n) is 18.3. The molecule has 0 fully saturated rings. The average molecular weight is 679 g/mol. The maximum absolute atomic E-state index is 8.31. The Bertz CT molecular complexity index is 1330. The second-order valence-electron chi connectivity index (χ2n) is 16.0. The van der Waals surface area contributed by atoms with Crippen molar-refractivity contribution in [3.63, 3.8) is 0 Å². The molecule has 0 radical (unpaired) electrons. The van der Waals surface area contributed by atoms with Crippen LogP contribution in [0, 0.1) is 0 Å². The van der Waals surface area contributed by atoms with E-state index < -0.39 is 27.8 Å². The Morgan fingerprint density at radius 3 is 0.854 bits per heavy atom. The standard InChI is InChI=1S/C44H62O2Si2/c1-11-13-35-41(3,4)47(7,8)45-43(37-27-19-15-20-28-37,38-29-21-16-22-30-38)44(39-31-23-17-24-32-39,40-33-25-18-26-34-40)46-48(9,10)42(5,6)36-14-12-2/h15-34H,11-14,35-36H2,1-10H3. The predicted molar refractivity (Wildman–Crippen MR) is 212 cm³/mol. The summed E-state index contributed by atoms with van der Waals surface area (Å²) in [6, 6.07) is 44.0. The molecule has 0 aliphatic heterocycles. The van der Waals surface area contributed by atoms with Gasteiger partial charge in [0.1, 0.15) is 11.2 Å². The van der Waals surface area contributed by atoms with E-state index >= 15 is 0 Å². The van der Waals surface area contributed by atoms with Gasteiger partial charge in [0.2, 0.25) is 0 Å². The highest BCUT2D eigenvalue weighted by Crippen LogP contribution is 2.60. The zero-order valence-electron chi connectivity index (χ0n) is 31.6. The largest absolute Gasteiger partial charge is 0.400 e. The van der Waals surface area contributed by atoms with Crippen LogP contribution in [-0.2, 0) is 20.1 Å². The van der Waals surface area contributed by atoms with Crippen LogP contribution in [0.25, 0.3) is 0 Å². The lowest BCUT2D eigenvalue weighted by atomic mass is 9.66. The van der Waals surface area contributed by atoms with Gasteiger partial charge in [0, 0.05) is 0 Å². The van der Waals surface area contributed by atoms with E-state index in [1.807, 2.05) is 0 Å². The zero-order valence-corrected chi connectivity index (χ0v) is 33.6. The van der Waals surface area contributed by atoms with Crippen molar-refractivity contribution >= 4 is 16.6 Å². The first kappa shape index (κ1) is 38.0. The van der Waals surface area contributed by atoms with Gasteiger partial charge in [0.05, 0.1) is 0 Å². The van der Waals surface area contributed by atoms with E-state index in [0.29, 0.717) is 0 Å². The molecular formula is C44H62O2Si2. The summed E-state index contributed by atoms with van der Waals surface area (Å²) in [5.74, 6) is 0. The maximum Gasteiger partial charge on any atom is 0.194 e. The Hall–Kier alpha value is -2.77. The molecule has 0 aliphatic rings. The molecule has 258 valence electrons. The van der Waals surface area contributed by atoms with Gasteiger partial charge in [-0.05, 0) is 71.4 Å². The summed E-state index contributed by atoms with van der Waals surface area (Å²) in [5.41, 5.74) is 2.45. The van der Waals surface area contributed by atoms with Gasteiger partial charge in [0.25, 0.3) is 0 Å². The lowest BCUT2D eigenvalue weighted by Gasteiger charge is -2.59. The molecule has 0 amide bonds. The van der Waals surface area contributed by atoms with E-state index in [-0.39, 0.29) is 10.1 Å². The first-order chi connectivity index (χ1) is 22.7. The Labute approximate surface area is 295 Å². The van der Waals surface area contributed by atoms with E-state index in [4.69, 9.17) is 8.85 Å². The normalized spacial score (nSPS) is 13.5. The number of hydrogen-bond acceptors (Lipinski definition) is 2. The molecule has 0 saturated carbocycles. The predicted octanol–water partition coefficient (Wildman–Crippen LogP) is 13.3. The van der Waals surface area contributed by atoms with E-state index in [1.54, 1.807) is 0 Å². The van der Waals surface area contributed by atoms with Crippen molar-refractivity contribution < 1.29 is 8.85 Å². The Kier molecular flexibility index (Phi) is 12.2. The smallest absolute Gasteiger partial charge is 0.194 e. The van der Waals surface area contributed by atoms with Crippen LogP contribution in [0.5, 0.6) is 0 Å². The second kappa shape index (κ2) is 15.4. The molecule has 0 aliphatic carbocycles. The monoisotopic (exact) mass is 678 g/mol. The minimum Gasteiger partial charge on any atom is -0.400 e. The van der Waals surface area contributed by atoms with E-state index in [2.05, 4.69) is 189 Å². The lowest BCUT2D eigenvalue weighted by Crippen LogP contribution is -2.64. The highest BCUT2D eigenvalue weighted by Gasteiger charge is 2.64. The van der Waals surface area contributed by atoms with E-state index in [1.165, 1.54) is 25.7 Å². The quantitative estimate of drug-likeness (QED) is 0.103. The molecule has 0 heterocycles. The van der Waals surface area contributed by atoms with Gasteiger partial charge in [-0.1, -0.05) is 189 Å². The van der Waals surface area contributed by atoms with Gasteiger partial charge in [0.15, 0.2) is 16.6 Å². The van der Waals surface area contributed by atoms with Crippen LogP contribution in [0.2, 0.25) is 36.3 Å². The first-order valence-corrected chi connectivity index (χ1v) is 24.1. The summed E-state index contributed by atoms with van der Waals surface area (Å²) in [6.07, 6.45) is 6.95.